The lowest BCUT2D eigenvalue weighted by molar-refractivity contribution is -0.332. The van der Waals surface area contributed by atoms with Crippen molar-refractivity contribution in [3.05, 3.63) is 72.9 Å². The summed E-state index contributed by atoms with van der Waals surface area (Å²) in [6.45, 7) is 2.41. The highest BCUT2D eigenvalue weighted by molar-refractivity contribution is 5.70. The maximum absolute atomic E-state index is 13.0. The summed E-state index contributed by atoms with van der Waals surface area (Å²) >= 11 is 0. The Balaban J connectivity index is 1.83. The quantitative estimate of drug-likeness (QED) is 0.0176. The lowest BCUT2D eigenvalue weighted by atomic mass is 9.98. The zero-order valence-electron chi connectivity index (χ0n) is 42.5. The van der Waals surface area contributed by atoms with Crippen molar-refractivity contribution in [2.75, 3.05) is 26.4 Å². The molecule has 0 aromatic heterocycles. The van der Waals surface area contributed by atoms with Gasteiger partial charge in [0.15, 0.2) is 18.7 Å². The molecule has 7 N–H and O–H groups in total. The summed E-state index contributed by atoms with van der Waals surface area (Å²) in [6, 6.07) is 0. The van der Waals surface area contributed by atoms with E-state index >= 15 is 0 Å². The largest absolute Gasteiger partial charge is 0.462 e. The smallest absolute Gasteiger partial charge is 0.306 e. The lowest BCUT2D eigenvalue weighted by Gasteiger charge is -2.42. The third kappa shape index (κ3) is 28.8. The predicted molar refractivity (Wildman–Crippen MR) is 270 cm³/mol. The molecular formula is C55H92O15. The van der Waals surface area contributed by atoms with Gasteiger partial charge in [-0.25, -0.2) is 0 Å². The molecule has 0 radical (unpaired) electrons. The maximum Gasteiger partial charge on any atom is 0.306 e. The summed E-state index contributed by atoms with van der Waals surface area (Å²) in [5.41, 5.74) is 0. The molecule has 0 amide bonds. The molecule has 0 bridgehead atoms. The molecule has 15 nitrogen and oxygen atoms in total. The highest BCUT2D eigenvalue weighted by Gasteiger charge is 2.47. The Kier molecular flexibility index (Phi) is 37.3. The number of aliphatic hydroxyl groups excluding tert-OH is 7. The van der Waals surface area contributed by atoms with Crippen molar-refractivity contribution < 1.29 is 73.8 Å². The average molecular weight is 993 g/mol. The Labute approximate surface area is 419 Å². The summed E-state index contributed by atoms with van der Waals surface area (Å²) in [5.74, 6) is -0.993. The standard InChI is InChI=1S/C55H92O15/c1-3-5-7-9-11-13-15-17-19-20-21-22-24-26-28-30-32-34-36-38-47(58)68-43(40-65-46(57)37-35-33-31-29-27-25-23-18-16-14-12-10-8-6-4-2)41-66-54-53(64)51(62)49(60)45(70-54)42-67-55-52(63)50(61)48(59)44(39-56)69-55/h5,7,11,13,17,19,21-22,26-29,43-45,48-56,59-64H,3-4,6,8-10,12,14-16,18,20,23-25,30-42H2,1-2H3/b7-5+,13-11+,19-17+,22-21+,28-26+,29-27+/t43-,44+,45+,48-,49-,50?,51?,52?,53?,54+,55+/m1/s1. The molecule has 2 rings (SSSR count). The van der Waals surface area contributed by atoms with E-state index in [1.807, 2.05) is 0 Å². The van der Waals surface area contributed by atoms with Gasteiger partial charge in [0.1, 0.15) is 55.4 Å². The van der Waals surface area contributed by atoms with Crippen LogP contribution in [0.2, 0.25) is 0 Å². The summed E-state index contributed by atoms with van der Waals surface area (Å²) in [7, 11) is 0. The molecule has 402 valence electrons. The molecule has 70 heavy (non-hydrogen) atoms. The van der Waals surface area contributed by atoms with E-state index in [9.17, 15) is 45.3 Å². The zero-order valence-corrected chi connectivity index (χ0v) is 42.5. The van der Waals surface area contributed by atoms with Crippen molar-refractivity contribution in [2.45, 2.75) is 235 Å². The number of hydrogen-bond donors (Lipinski definition) is 7. The van der Waals surface area contributed by atoms with Gasteiger partial charge in [-0.15, -0.1) is 0 Å². The summed E-state index contributed by atoms with van der Waals surface area (Å²) < 4.78 is 33.5. The number of hydrogen-bond acceptors (Lipinski definition) is 15. The van der Waals surface area contributed by atoms with E-state index in [1.165, 1.54) is 57.8 Å². The predicted octanol–water partition coefficient (Wildman–Crippen LogP) is 7.82. The second kappa shape index (κ2) is 41.4. The van der Waals surface area contributed by atoms with Crippen molar-refractivity contribution in [2.24, 2.45) is 0 Å². The molecule has 2 heterocycles. The van der Waals surface area contributed by atoms with Crippen LogP contribution in [0, 0.1) is 0 Å². The minimum Gasteiger partial charge on any atom is -0.462 e. The van der Waals surface area contributed by atoms with E-state index < -0.39 is 99.3 Å². The zero-order chi connectivity index (χ0) is 51.0. The number of unbranched alkanes of at least 4 members (excludes halogenated alkanes) is 14. The Morgan fingerprint density at radius 3 is 1.46 bits per heavy atom. The molecule has 2 aliphatic rings. The minimum absolute atomic E-state index is 0.119. The van der Waals surface area contributed by atoms with Gasteiger partial charge in [0.05, 0.1) is 19.8 Å². The van der Waals surface area contributed by atoms with Gasteiger partial charge in [0, 0.05) is 12.8 Å². The number of carbonyl (C=O) groups is 2. The maximum atomic E-state index is 13.0. The highest BCUT2D eigenvalue weighted by atomic mass is 16.7. The number of allylic oxidation sites excluding steroid dienone is 12. The van der Waals surface area contributed by atoms with Crippen molar-refractivity contribution in [3.8, 4) is 0 Å². The van der Waals surface area contributed by atoms with E-state index in [2.05, 4.69) is 86.8 Å². The molecule has 11 atom stereocenters. The second-order valence-corrected chi connectivity index (χ2v) is 18.3. The molecule has 2 saturated heterocycles. The van der Waals surface area contributed by atoms with Crippen LogP contribution >= 0.6 is 0 Å². The number of aliphatic hydroxyl groups is 7. The van der Waals surface area contributed by atoms with Gasteiger partial charge < -0.3 is 64.2 Å². The van der Waals surface area contributed by atoms with Crippen LogP contribution in [0.15, 0.2) is 72.9 Å². The van der Waals surface area contributed by atoms with Crippen molar-refractivity contribution in [3.63, 3.8) is 0 Å². The molecule has 0 aliphatic carbocycles. The molecule has 0 aromatic carbocycles. The van der Waals surface area contributed by atoms with Gasteiger partial charge in [0.2, 0.25) is 0 Å². The van der Waals surface area contributed by atoms with E-state index in [-0.39, 0.29) is 19.4 Å². The van der Waals surface area contributed by atoms with Gasteiger partial charge in [0.25, 0.3) is 0 Å². The Morgan fingerprint density at radius 2 is 0.900 bits per heavy atom. The normalized spacial score (nSPS) is 26.0. The molecule has 2 fully saturated rings. The summed E-state index contributed by atoms with van der Waals surface area (Å²) in [6.07, 6.45) is 32.1. The Hall–Kier alpha value is -3.06. The van der Waals surface area contributed by atoms with Crippen LogP contribution in [0.3, 0.4) is 0 Å². The van der Waals surface area contributed by atoms with E-state index in [4.69, 9.17) is 28.4 Å². The van der Waals surface area contributed by atoms with E-state index in [1.54, 1.807) is 0 Å². The molecular weight excluding hydrogens is 901 g/mol. The Morgan fingerprint density at radius 1 is 0.471 bits per heavy atom. The molecule has 15 heteroatoms. The van der Waals surface area contributed by atoms with Crippen LogP contribution in [0.25, 0.3) is 0 Å². The SMILES string of the molecule is CC/C=C/C/C=C/C/C=C/C/C=C/C/C=C/CCCCCC(=O)O[C@H](COC(=O)CCCC/C=C/CCCCCCCCCCC)CO[C@H]1O[C@@H](CO[C@H]2O[C@@H](CO)[C@@H](O)C(O)C2O)[C@@H](O)C(O)C1O. The van der Waals surface area contributed by atoms with E-state index in [0.29, 0.717) is 12.8 Å². The van der Waals surface area contributed by atoms with Crippen LogP contribution in [0.4, 0.5) is 0 Å². The fourth-order valence-electron chi connectivity index (χ4n) is 7.82. The molecule has 0 spiro atoms. The fourth-order valence-corrected chi connectivity index (χ4v) is 7.82. The number of ether oxygens (including phenoxy) is 6. The molecule has 0 saturated carbocycles. The average Bonchev–Trinajstić information content (AvgIpc) is 3.35. The van der Waals surface area contributed by atoms with Gasteiger partial charge >= 0.3 is 11.9 Å². The van der Waals surface area contributed by atoms with Gasteiger partial charge in [-0.3, -0.25) is 9.59 Å². The van der Waals surface area contributed by atoms with Gasteiger partial charge in [-0.05, 0) is 83.5 Å². The fraction of sp³-hybridized carbons (Fsp3) is 0.745. The van der Waals surface area contributed by atoms with Crippen LogP contribution in [0.1, 0.15) is 168 Å². The van der Waals surface area contributed by atoms with Crippen LogP contribution in [-0.2, 0) is 38.0 Å². The molecule has 0 aromatic rings. The lowest BCUT2D eigenvalue weighted by Crippen LogP contribution is -2.61. The van der Waals surface area contributed by atoms with Crippen molar-refractivity contribution in [1.82, 2.24) is 0 Å². The van der Waals surface area contributed by atoms with E-state index in [0.717, 1.165) is 70.6 Å². The van der Waals surface area contributed by atoms with Crippen LogP contribution < -0.4 is 0 Å². The topological polar surface area (TPSA) is 231 Å². The monoisotopic (exact) mass is 993 g/mol. The first-order valence-electron chi connectivity index (χ1n) is 26.5. The number of carbonyl (C=O) groups excluding carboxylic acids is 2. The van der Waals surface area contributed by atoms with Crippen molar-refractivity contribution in [1.29, 1.82) is 0 Å². The van der Waals surface area contributed by atoms with Crippen molar-refractivity contribution >= 4 is 11.9 Å². The Bertz CT molecular complexity index is 1490. The number of rotatable bonds is 40. The first-order chi connectivity index (χ1) is 34.0. The number of esters is 2. The molecule has 4 unspecified atom stereocenters. The summed E-state index contributed by atoms with van der Waals surface area (Å²) in [4.78, 5) is 25.8. The second-order valence-electron chi connectivity index (χ2n) is 18.3. The van der Waals surface area contributed by atoms with Crippen LogP contribution in [-0.4, -0.2) is 142 Å². The minimum atomic E-state index is -1.78. The van der Waals surface area contributed by atoms with Gasteiger partial charge in [-0.1, -0.05) is 145 Å². The van der Waals surface area contributed by atoms with Crippen LogP contribution in [0.5, 0.6) is 0 Å². The first-order valence-corrected chi connectivity index (χ1v) is 26.5. The third-order valence-electron chi connectivity index (χ3n) is 12.2. The summed E-state index contributed by atoms with van der Waals surface area (Å²) in [5, 5.41) is 72.1. The first kappa shape index (κ1) is 63.1. The van der Waals surface area contributed by atoms with Gasteiger partial charge in [-0.2, -0.15) is 0 Å². The highest BCUT2D eigenvalue weighted by Crippen LogP contribution is 2.26. The molecule has 2 aliphatic heterocycles. The third-order valence-corrected chi connectivity index (χ3v) is 12.2.